The zero-order valence-electron chi connectivity index (χ0n) is 27.3. The van der Waals surface area contributed by atoms with E-state index in [-0.39, 0.29) is 0 Å². The first kappa shape index (κ1) is 28.4. The summed E-state index contributed by atoms with van der Waals surface area (Å²) in [5.74, 6) is 0.879. The van der Waals surface area contributed by atoms with E-state index in [1.54, 1.807) is 0 Å². The number of nitrogens with zero attached hydrogens (tertiary/aromatic N) is 1. The predicted molar refractivity (Wildman–Crippen MR) is 212 cm³/mol. The summed E-state index contributed by atoms with van der Waals surface area (Å²) in [5.41, 5.74) is 7.61. The van der Waals surface area contributed by atoms with Gasteiger partial charge in [-0.3, -0.25) is 0 Å². The van der Waals surface area contributed by atoms with Gasteiger partial charge in [0.15, 0.2) is 0 Å². The number of benzene rings is 9. The van der Waals surface area contributed by atoms with Crippen molar-refractivity contribution in [1.29, 1.82) is 0 Å². The smallest absolute Gasteiger partial charge is 0.135 e. The van der Waals surface area contributed by atoms with E-state index in [9.17, 15) is 0 Å². The molecular formula is C48H31NO. The van der Waals surface area contributed by atoms with Crippen molar-refractivity contribution in [2.45, 2.75) is 0 Å². The Balaban J connectivity index is 1.08. The van der Waals surface area contributed by atoms with Crippen LogP contribution in [-0.2, 0) is 0 Å². The van der Waals surface area contributed by atoms with Crippen molar-refractivity contribution in [2.24, 2.45) is 0 Å². The lowest BCUT2D eigenvalue weighted by Gasteiger charge is -2.26. The van der Waals surface area contributed by atoms with Gasteiger partial charge in [-0.25, -0.2) is 0 Å². The van der Waals surface area contributed by atoms with Gasteiger partial charge in [-0.15, -0.1) is 0 Å². The van der Waals surface area contributed by atoms with Crippen LogP contribution in [0.25, 0.3) is 76.5 Å². The first-order valence-electron chi connectivity index (χ1n) is 17.1. The van der Waals surface area contributed by atoms with Crippen LogP contribution in [0, 0.1) is 0 Å². The second kappa shape index (κ2) is 11.5. The summed E-state index contributed by atoms with van der Waals surface area (Å²) < 4.78 is 6.20. The van der Waals surface area contributed by atoms with Crippen LogP contribution in [0.1, 0.15) is 0 Å². The number of furan rings is 1. The highest BCUT2D eigenvalue weighted by Gasteiger charge is 2.16. The van der Waals surface area contributed by atoms with E-state index in [0.717, 1.165) is 50.5 Å². The summed E-state index contributed by atoms with van der Waals surface area (Å²) in [6.07, 6.45) is 0. The fourth-order valence-electron chi connectivity index (χ4n) is 7.51. The normalized spacial score (nSPS) is 11.6. The van der Waals surface area contributed by atoms with Gasteiger partial charge in [0.05, 0.1) is 0 Å². The fourth-order valence-corrected chi connectivity index (χ4v) is 7.51. The Morgan fingerprint density at radius 1 is 0.300 bits per heavy atom. The van der Waals surface area contributed by atoms with Gasteiger partial charge in [-0.1, -0.05) is 133 Å². The van der Waals surface area contributed by atoms with E-state index in [1.807, 2.05) is 18.2 Å². The van der Waals surface area contributed by atoms with Gasteiger partial charge in [0, 0.05) is 28.0 Å². The summed E-state index contributed by atoms with van der Waals surface area (Å²) in [4.78, 5) is 2.37. The average molecular weight is 638 g/mol. The Bertz CT molecular complexity index is 2730. The molecule has 0 aliphatic rings. The minimum absolute atomic E-state index is 0.879. The minimum atomic E-state index is 0.879. The summed E-state index contributed by atoms with van der Waals surface area (Å²) >= 11 is 0. The second-order valence-electron chi connectivity index (χ2n) is 13.0. The van der Waals surface area contributed by atoms with E-state index < -0.39 is 0 Å². The molecule has 0 saturated carbocycles. The molecule has 10 aromatic rings. The van der Waals surface area contributed by atoms with Gasteiger partial charge >= 0.3 is 0 Å². The molecule has 1 aromatic heterocycles. The molecule has 50 heavy (non-hydrogen) atoms. The monoisotopic (exact) mass is 637 g/mol. The number of anilines is 3. The molecule has 0 unspecified atom stereocenters. The van der Waals surface area contributed by atoms with Crippen LogP contribution in [0.3, 0.4) is 0 Å². The zero-order valence-corrected chi connectivity index (χ0v) is 27.3. The summed E-state index contributed by atoms with van der Waals surface area (Å²) in [6.45, 7) is 0. The maximum Gasteiger partial charge on any atom is 0.135 e. The molecule has 0 amide bonds. The Morgan fingerprint density at radius 3 is 1.46 bits per heavy atom. The minimum Gasteiger partial charge on any atom is -0.456 e. The largest absolute Gasteiger partial charge is 0.456 e. The van der Waals surface area contributed by atoms with Crippen molar-refractivity contribution in [3.05, 3.63) is 188 Å². The molecule has 0 fully saturated rings. The van der Waals surface area contributed by atoms with Crippen molar-refractivity contribution in [3.8, 4) is 22.5 Å². The average Bonchev–Trinajstić information content (AvgIpc) is 3.63. The summed E-state index contributed by atoms with van der Waals surface area (Å²) in [7, 11) is 0. The second-order valence-corrected chi connectivity index (χ2v) is 13.0. The predicted octanol–water partition coefficient (Wildman–Crippen LogP) is 13.8. The molecule has 2 heteroatoms. The van der Waals surface area contributed by atoms with Crippen molar-refractivity contribution in [2.75, 3.05) is 4.90 Å². The van der Waals surface area contributed by atoms with Gasteiger partial charge in [-0.05, 0) is 109 Å². The molecular weight excluding hydrogens is 607 g/mol. The zero-order chi connectivity index (χ0) is 33.0. The molecule has 234 valence electrons. The van der Waals surface area contributed by atoms with Crippen LogP contribution in [0.4, 0.5) is 17.1 Å². The van der Waals surface area contributed by atoms with E-state index in [0.29, 0.717) is 0 Å². The van der Waals surface area contributed by atoms with E-state index in [1.165, 1.54) is 43.1 Å². The van der Waals surface area contributed by atoms with Crippen LogP contribution < -0.4 is 4.90 Å². The van der Waals surface area contributed by atoms with Gasteiger partial charge in [0.1, 0.15) is 11.3 Å². The SMILES string of the molecule is c1cc(-c2ccc(N(c3ccc4c(ccc5ccccc54)c3)c3ccc4c(ccc5ccccc54)c3)cc2)cc(-c2cc3ccccc3o2)c1. The fraction of sp³-hybridized carbons (Fsp3) is 0. The molecule has 0 saturated heterocycles. The third-order valence-corrected chi connectivity index (χ3v) is 10.0. The number of hydrogen-bond acceptors (Lipinski definition) is 2. The standard InChI is InChI=1S/C48H31NO/c1-4-13-43-33(8-1)16-18-36-29-41(24-26-45(36)43)49(42-25-27-46-37(30-42)19-17-34-9-2-5-14-44(34)46)40-22-20-32(21-23-40)35-11-7-12-38(28-35)48-31-39-10-3-6-15-47(39)50-48/h1-31H. The van der Waals surface area contributed by atoms with E-state index in [2.05, 4.69) is 175 Å². The number of para-hydroxylation sites is 1. The Kier molecular flexibility index (Phi) is 6.53. The van der Waals surface area contributed by atoms with Crippen LogP contribution >= 0.6 is 0 Å². The highest BCUT2D eigenvalue weighted by atomic mass is 16.3. The van der Waals surface area contributed by atoms with Crippen LogP contribution in [0.2, 0.25) is 0 Å². The number of fused-ring (bicyclic) bond motifs is 7. The van der Waals surface area contributed by atoms with E-state index in [4.69, 9.17) is 4.42 Å². The summed E-state index contributed by atoms with van der Waals surface area (Å²) in [6, 6.07) is 67.6. The van der Waals surface area contributed by atoms with Crippen LogP contribution in [0.5, 0.6) is 0 Å². The highest BCUT2D eigenvalue weighted by molar-refractivity contribution is 6.10. The molecule has 0 spiro atoms. The molecule has 0 aliphatic carbocycles. The van der Waals surface area contributed by atoms with Crippen molar-refractivity contribution >= 4 is 71.1 Å². The molecule has 1 heterocycles. The maximum absolute atomic E-state index is 6.20. The van der Waals surface area contributed by atoms with Gasteiger partial charge in [-0.2, -0.15) is 0 Å². The molecule has 0 atom stereocenters. The lowest BCUT2D eigenvalue weighted by molar-refractivity contribution is 0.631. The molecule has 0 N–H and O–H groups in total. The Hall–Kier alpha value is -6.64. The van der Waals surface area contributed by atoms with Crippen molar-refractivity contribution in [3.63, 3.8) is 0 Å². The third-order valence-electron chi connectivity index (χ3n) is 10.0. The van der Waals surface area contributed by atoms with Gasteiger partial charge < -0.3 is 9.32 Å². The quantitative estimate of drug-likeness (QED) is 0.175. The molecule has 10 rings (SSSR count). The molecule has 0 aliphatic heterocycles. The third kappa shape index (κ3) is 4.81. The van der Waals surface area contributed by atoms with Gasteiger partial charge in [0.2, 0.25) is 0 Å². The Labute approximate surface area is 290 Å². The topological polar surface area (TPSA) is 16.4 Å². The molecule has 0 radical (unpaired) electrons. The number of hydrogen-bond donors (Lipinski definition) is 0. The summed E-state index contributed by atoms with van der Waals surface area (Å²) in [5, 5.41) is 11.1. The van der Waals surface area contributed by atoms with Crippen LogP contribution in [-0.4, -0.2) is 0 Å². The first-order valence-corrected chi connectivity index (χ1v) is 17.1. The first-order chi connectivity index (χ1) is 24.7. The molecule has 0 bridgehead atoms. The van der Waals surface area contributed by atoms with Gasteiger partial charge in [0.25, 0.3) is 0 Å². The van der Waals surface area contributed by atoms with Crippen molar-refractivity contribution in [1.82, 2.24) is 0 Å². The van der Waals surface area contributed by atoms with Crippen LogP contribution in [0.15, 0.2) is 192 Å². The Morgan fingerprint density at radius 2 is 0.820 bits per heavy atom. The maximum atomic E-state index is 6.20. The lowest BCUT2D eigenvalue weighted by Crippen LogP contribution is -2.10. The lowest BCUT2D eigenvalue weighted by atomic mass is 9.99. The number of rotatable bonds is 5. The van der Waals surface area contributed by atoms with E-state index >= 15 is 0 Å². The molecule has 9 aromatic carbocycles. The van der Waals surface area contributed by atoms with Crippen molar-refractivity contribution < 1.29 is 4.42 Å². The highest BCUT2D eigenvalue weighted by Crippen LogP contribution is 2.40. The molecule has 2 nitrogen and oxygen atoms in total.